The van der Waals surface area contributed by atoms with E-state index in [0.717, 1.165) is 25.0 Å². The molecule has 0 aromatic carbocycles. The lowest BCUT2D eigenvalue weighted by Gasteiger charge is -2.25. The van der Waals surface area contributed by atoms with E-state index >= 15 is 0 Å². The molecule has 1 aromatic rings. The van der Waals surface area contributed by atoms with E-state index in [9.17, 15) is 0 Å². The van der Waals surface area contributed by atoms with Gasteiger partial charge in [-0.05, 0) is 62.8 Å². The number of rotatable bonds is 9. The highest BCUT2D eigenvalue weighted by Gasteiger charge is 2.30. The van der Waals surface area contributed by atoms with Crippen LogP contribution in [0.15, 0.2) is 18.3 Å². The number of hydrogen-bond acceptors (Lipinski definition) is 3. The molecule has 0 aliphatic heterocycles. The first kappa shape index (κ1) is 16.3. The van der Waals surface area contributed by atoms with Crippen LogP contribution in [0.25, 0.3) is 0 Å². The minimum absolute atomic E-state index is 0.401. The molecule has 0 amide bonds. The van der Waals surface area contributed by atoms with E-state index in [2.05, 4.69) is 55.0 Å². The first-order chi connectivity index (χ1) is 10.1. The molecule has 0 radical (unpaired) electrons. The molecule has 3 heteroatoms. The highest BCUT2D eigenvalue weighted by molar-refractivity contribution is 5.44. The van der Waals surface area contributed by atoms with Gasteiger partial charge in [-0.25, -0.2) is 4.98 Å². The second-order valence-electron chi connectivity index (χ2n) is 6.73. The summed E-state index contributed by atoms with van der Waals surface area (Å²) in [5.41, 5.74) is 1.35. The highest BCUT2D eigenvalue weighted by Crippen LogP contribution is 2.32. The Morgan fingerprint density at radius 2 is 2.10 bits per heavy atom. The molecule has 0 bridgehead atoms. The van der Waals surface area contributed by atoms with E-state index in [-0.39, 0.29) is 0 Å². The summed E-state index contributed by atoms with van der Waals surface area (Å²) in [5, 5.41) is 3.56. The Morgan fingerprint density at radius 3 is 2.71 bits per heavy atom. The van der Waals surface area contributed by atoms with Gasteiger partial charge in [-0.3, -0.25) is 0 Å². The first-order valence-corrected chi connectivity index (χ1v) is 8.57. The molecule has 1 aromatic heterocycles. The van der Waals surface area contributed by atoms with E-state index in [1.165, 1.54) is 37.1 Å². The molecule has 1 heterocycles. The van der Waals surface area contributed by atoms with Gasteiger partial charge in [0.15, 0.2) is 0 Å². The van der Waals surface area contributed by atoms with Crippen LogP contribution in [0.5, 0.6) is 0 Å². The Hall–Kier alpha value is -1.09. The van der Waals surface area contributed by atoms with Crippen LogP contribution in [0.4, 0.5) is 5.82 Å². The van der Waals surface area contributed by atoms with Crippen LogP contribution in [-0.2, 0) is 0 Å². The van der Waals surface area contributed by atoms with Crippen molar-refractivity contribution in [1.82, 2.24) is 10.3 Å². The number of nitrogens with zero attached hydrogens (tertiary/aromatic N) is 2. The molecule has 21 heavy (non-hydrogen) atoms. The standard InChI is InChI=1S/C18H31N3/c1-5-10-19-15(4)16-8-11-20-18(13-16)21(17-6-7-17)12-9-14(2)3/h8,11,13-15,17,19H,5-7,9-10,12H2,1-4H3. The summed E-state index contributed by atoms with van der Waals surface area (Å²) in [6, 6.07) is 5.55. The quantitative estimate of drug-likeness (QED) is 0.740. The SMILES string of the molecule is CCCNC(C)c1ccnc(N(CCC(C)C)C2CC2)c1. The van der Waals surface area contributed by atoms with Gasteiger partial charge in [-0.1, -0.05) is 20.8 Å². The van der Waals surface area contributed by atoms with Gasteiger partial charge in [0.05, 0.1) is 0 Å². The van der Waals surface area contributed by atoms with E-state index in [4.69, 9.17) is 0 Å². The molecule has 0 saturated heterocycles. The van der Waals surface area contributed by atoms with Crippen molar-refractivity contribution >= 4 is 5.82 Å². The third kappa shape index (κ3) is 4.99. The van der Waals surface area contributed by atoms with Crippen molar-refractivity contribution in [3.05, 3.63) is 23.9 Å². The van der Waals surface area contributed by atoms with Crippen LogP contribution < -0.4 is 10.2 Å². The predicted octanol–water partition coefficient (Wildman–Crippen LogP) is 4.16. The van der Waals surface area contributed by atoms with Crippen molar-refractivity contribution in [2.75, 3.05) is 18.0 Å². The van der Waals surface area contributed by atoms with Gasteiger partial charge in [0, 0.05) is 24.8 Å². The van der Waals surface area contributed by atoms with E-state index in [1.54, 1.807) is 0 Å². The van der Waals surface area contributed by atoms with E-state index in [0.29, 0.717) is 6.04 Å². The summed E-state index contributed by atoms with van der Waals surface area (Å²) in [7, 11) is 0. The Balaban J connectivity index is 2.06. The number of anilines is 1. The van der Waals surface area contributed by atoms with Crippen molar-refractivity contribution in [1.29, 1.82) is 0 Å². The molecule has 1 saturated carbocycles. The van der Waals surface area contributed by atoms with E-state index in [1.807, 2.05) is 6.20 Å². The first-order valence-electron chi connectivity index (χ1n) is 8.57. The molecule has 118 valence electrons. The minimum Gasteiger partial charge on any atom is -0.354 e. The fourth-order valence-corrected chi connectivity index (χ4v) is 2.61. The smallest absolute Gasteiger partial charge is 0.129 e. The van der Waals surface area contributed by atoms with Crippen LogP contribution in [-0.4, -0.2) is 24.1 Å². The molecule has 3 nitrogen and oxygen atoms in total. The zero-order valence-corrected chi connectivity index (χ0v) is 14.1. The lowest BCUT2D eigenvalue weighted by molar-refractivity contribution is 0.563. The van der Waals surface area contributed by atoms with Gasteiger partial charge >= 0.3 is 0 Å². The molecular weight excluding hydrogens is 258 g/mol. The summed E-state index contributed by atoms with van der Waals surface area (Å²) in [6.07, 6.45) is 7.04. The maximum atomic E-state index is 4.64. The Kier molecular flexibility index (Phi) is 6.04. The summed E-state index contributed by atoms with van der Waals surface area (Å²) < 4.78 is 0. The molecule has 1 aliphatic rings. The molecule has 1 fully saturated rings. The summed E-state index contributed by atoms with van der Waals surface area (Å²) in [6.45, 7) is 11.2. The van der Waals surface area contributed by atoms with Gasteiger partial charge in [0.1, 0.15) is 5.82 Å². The van der Waals surface area contributed by atoms with Crippen molar-refractivity contribution in [2.45, 2.75) is 65.5 Å². The Labute approximate surface area is 130 Å². The number of hydrogen-bond donors (Lipinski definition) is 1. The normalized spacial score (nSPS) is 16.2. The highest BCUT2D eigenvalue weighted by atomic mass is 15.2. The predicted molar refractivity (Wildman–Crippen MR) is 90.8 cm³/mol. The van der Waals surface area contributed by atoms with Gasteiger partial charge in [0.25, 0.3) is 0 Å². The average Bonchev–Trinajstić information content (AvgIpc) is 3.30. The maximum Gasteiger partial charge on any atom is 0.129 e. The Bertz CT molecular complexity index is 426. The number of pyridine rings is 1. The van der Waals surface area contributed by atoms with Crippen molar-refractivity contribution < 1.29 is 0 Å². The summed E-state index contributed by atoms with van der Waals surface area (Å²) in [4.78, 5) is 7.16. The van der Waals surface area contributed by atoms with Crippen LogP contribution in [0.1, 0.15) is 65.0 Å². The lowest BCUT2D eigenvalue weighted by atomic mass is 10.1. The van der Waals surface area contributed by atoms with Crippen molar-refractivity contribution in [3.63, 3.8) is 0 Å². The maximum absolute atomic E-state index is 4.64. The number of aromatic nitrogens is 1. The van der Waals surface area contributed by atoms with Gasteiger partial charge in [0.2, 0.25) is 0 Å². The minimum atomic E-state index is 0.401. The van der Waals surface area contributed by atoms with Crippen LogP contribution in [0.2, 0.25) is 0 Å². The molecule has 1 unspecified atom stereocenters. The molecule has 2 rings (SSSR count). The molecule has 0 spiro atoms. The molecule has 1 N–H and O–H groups in total. The van der Waals surface area contributed by atoms with E-state index < -0.39 is 0 Å². The number of nitrogens with one attached hydrogen (secondary N) is 1. The lowest BCUT2D eigenvalue weighted by Crippen LogP contribution is -2.29. The topological polar surface area (TPSA) is 28.2 Å². The van der Waals surface area contributed by atoms with Crippen molar-refractivity contribution in [3.8, 4) is 0 Å². The van der Waals surface area contributed by atoms with Gasteiger partial charge in [-0.15, -0.1) is 0 Å². The third-order valence-electron chi connectivity index (χ3n) is 4.20. The van der Waals surface area contributed by atoms with Crippen LogP contribution >= 0.6 is 0 Å². The fourth-order valence-electron chi connectivity index (χ4n) is 2.61. The molecule has 1 atom stereocenters. The second-order valence-corrected chi connectivity index (χ2v) is 6.73. The third-order valence-corrected chi connectivity index (χ3v) is 4.20. The molecular formula is C18H31N3. The second kappa shape index (κ2) is 7.79. The largest absolute Gasteiger partial charge is 0.354 e. The van der Waals surface area contributed by atoms with Gasteiger partial charge < -0.3 is 10.2 Å². The van der Waals surface area contributed by atoms with Crippen molar-refractivity contribution in [2.24, 2.45) is 5.92 Å². The zero-order valence-electron chi connectivity index (χ0n) is 14.1. The molecule has 1 aliphatic carbocycles. The zero-order chi connectivity index (χ0) is 15.2. The average molecular weight is 289 g/mol. The monoisotopic (exact) mass is 289 g/mol. The van der Waals surface area contributed by atoms with Crippen LogP contribution in [0, 0.1) is 5.92 Å². The summed E-state index contributed by atoms with van der Waals surface area (Å²) in [5.74, 6) is 1.92. The fraction of sp³-hybridized carbons (Fsp3) is 0.722. The van der Waals surface area contributed by atoms with Gasteiger partial charge in [-0.2, -0.15) is 0 Å². The Morgan fingerprint density at radius 1 is 1.33 bits per heavy atom. The summed E-state index contributed by atoms with van der Waals surface area (Å²) >= 11 is 0. The van der Waals surface area contributed by atoms with Crippen LogP contribution in [0.3, 0.4) is 0 Å².